The van der Waals surface area contributed by atoms with Gasteiger partial charge in [0.1, 0.15) is 11.5 Å². The largest absolute Gasteiger partial charge is 0.496 e. The lowest BCUT2D eigenvalue weighted by atomic mass is 9.77. The first-order valence-corrected chi connectivity index (χ1v) is 6.58. The molecule has 1 aromatic carbocycles. The summed E-state index contributed by atoms with van der Waals surface area (Å²) in [4.78, 5) is 12.8. The van der Waals surface area contributed by atoms with E-state index in [2.05, 4.69) is 0 Å². The number of benzene rings is 1. The standard InChI is InChI=1S/C15H18O4/c1-17-11-3-4-12(18-2)13-10(11)9-15(14(13)16)5-7-19-8-6-15/h3-4H,5-9H2,1-2H3. The Morgan fingerprint density at radius 2 is 1.74 bits per heavy atom. The van der Waals surface area contributed by atoms with Crippen LogP contribution in [-0.4, -0.2) is 33.2 Å². The highest BCUT2D eigenvalue weighted by Crippen LogP contribution is 2.49. The third kappa shape index (κ3) is 1.74. The molecule has 0 bridgehead atoms. The van der Waals surface area contributed by atoms with E-state index < -0.39 is 0 Å². The van der Waals surface area contributed by atoms with Crippen LogP contribution in [0.2, 0.25) is 0 Å². The van der Waals surface area contributed by atoms with Crippen molar-refractivity contribution >= 4 is 5.78 Å². The van der Waals surface area contributed by atoms with Gasteiger partial charge in [0.25, 0.3) is 0 Å². The van der Waals surface area contributed by atoms with Gasteiger partial charge >= 0.3 is 0 Å². The van der Waals surface area contributed by atoms with Crippen molar-refractivity contribution in [1.82, 2.24) is 0 Å². The van der Waals surface area contributed by atoms with E-state index in [1.807, 2.05) is 12.1 Å². The van der Waals surface area contributed by atoms with Gasteiger partial charge in [-0.15, -0.1) is 0 Å². The monoisotopic (exact) mass is 262 g/mol. The molecule has 3 rings (SSSR count). The Morgan fingerprint density at radius 1 is 1.11 bits per heavy atom. The van der Waals surface area contributed by atoms with Crippen LogP contribution in [-0.2, 0) is 11.2 Å². The molecule has 0 amide bonds. The minimum Gasteiger partial charge on any atom is -0.496 e. The fraction of sp³-hybridized carbons (Fsp3) is 0.533. The molecule has 19 heavy (non-hydrogen) atoms. The van der Waals surface area contributed by atoms with E-state index in [-0.39, 0.29) is 11.2 Å². The van der Waals surface area contributed by atoms with E-state index in [1.165, 1.54) is 0 Å². The Labute approximate surface area is 112 Å². The number of fused-ring (bicyclic) bond motifs is 1. The summed E-state index contributed by atoms with van der Waals surface area (Å²) in [5.74, 6) is 1.64. The number of ether oxygens (including phenoxy) is 3. The van der Waals surface area contributed by atoms with Gasteiger partial charge in [0.2, 0.25) is 0 Å². The molecule has 0 N–H and O–H groups in total. The number of hydrogen-bond acceptors (Lipinski definition) is 4. The molecule has 1 aromatic rings. The maximum atomic E-state index is 12.8. The molecule has 4 nitrogen and oxygen atoms in total. The molecule has 0 atom stereocenters. The number of rotatable bonds is 2. The van der Waals surface area contributed by atoms with Crippen molar-refractivity contribution in [2.75, 3.05) is 27.4 Å². The highest BCUT2D eigenvalue weighted by atomic mass is 16.5. The number of hydrogen-bond donors (Lipinski definition) is 0. The number of carbonyl (C=O) groups is 1. The molecule has 1 fully saturated rings. The van der Waals surface area contributed by atoms with Gasteiger partial charge in [0.05, 0.1) is 19.8 Å². The Kier molecular flexibility index (Phi) is 2.97. The zero-order chi connectivity index (χ0) is 13.5. The third-order valence-corrected chi connectivity index (χ3v) is 4.35. The number of methoxy groups -OCH3 is 2. The van der Waals surface area contributed by atoms with Crippen LogP contribution >= 0.6 is 0 Å². The predicted octanol–water partition coefficient (Wildman–Crippen LogP) is 2.24. The van der Waals surface area contributed by atoms with Crippen LogP contribution in [0.5, 0.6) is 11.5 Å². The third-order valence-electron chi connectivity index (χ3n) is 4.35. The molecule has 1 aliphatic heterocycles. The topological polar surface area (TPSA) is 44.8 Å². The number of carbonyl (C=O) groups excluding carboxylic acids is 1. The minimum absolute atomic E-state index is 0.196. The second kappa shape index (κ2) is 4.53. The second-order valence-corrected chi connectivity index (χ2v) is 5.22. The van der Waals surface area contributed by atoms with Gasteiger partial charge in [-0.2, -0.15) is 0 Å². The maximum absolute atomic E-state index is 12.8. The van der Waals surface area contributed by atoms with Crippen molar-refractivity contribution in [3.8, 4) is 11.5 Å². The molecule has 0 unspecified atom stereocenters. The quantitative estimate of drug-likeness (QED) is 0.820. The summed E-state index contributed by atoms with van der Waals surface area (Å²) in [6.07, 6.45) is 2.31. The Bertz CT molecular complexity index is 515. The first-order chi connectivity index (χ1) is 9.22. The van der Waals surface area contributed by atoms with Crippen LogP contribution in [0.4, 0.5) is 0 Å². The molecular weight excluding hydrogens is 244 g/mol. The lowest BCUT2D eigenvalue weighted by Crippen LogP contribution is -2.35. The van der Waals surface area contributed by atoms with Gasteiger partial charge in [0, 0.05) is 24.2 Å². The van der Waals surface area contributed by atoms with Gasteiger partial charge in [-0.3, -0.25) is 4.79 Å². The molecule has 1 saturated heterocycles. The van der Waals surface area contributed by atoms with E-state index >= 15 is 0 Å². The van der Waals surface area contributed by atoms with E-state index in [9.17, 15) is 4.79 Å². The molecule has 2 aliphatic rings. The van der Waals surface area contributed by atoms with Crippen LogP contribution in [0, 0.1) is 5.41 Å². The van der Waals surface area contributed by atoms with Crippen molar-refractivity contribution in [2.45, 2.75) is 19.3 Å². The highest BCUT2D eigenvalue weighted by Gasteiger charge is 2.48. The van der Waals surface area contributed by atoms with Crippen LogP contribution in [0.15, 0.2) is 12.1 Å². The molecule has 0 aromatic heterocycles. The smallest absolute Gasteiger partial charge is 0.173 e. The molecule has 1 heterocycles. The molecule has 1 spiro atoms. The summed E-state index contributed by atoms with van der Waals surface area (Å²) in [5, 5.41) is 0. The molecular formula is C15H18O4. The molecule has 0 saturated carbocycles. The first-order valence-electron chi connectivity index (χ1n) is 6.58. The highest BCUT2D eigenvalue weighted by molar-refractivity contribution is 6.07. The number of ketones is 1. The van der Waals surface area contributed by atoms with Crippen molar-refractivity contribution in [3.05, 3.63) is 23.3 Å². The molecule has 1 aliphatic carbocycles. The van der Waals surface area contributed by atoms with Gasteiger partial charge in [0.15, 0.2) is 5.78 Å². The van der Waals surface area contributed by atoms with Gasteiger partial charge < -0.3 is 14.2 Å². The second-order valence-electron chi connectivity index (χ2n) is 5.22. The Hall–Kier alpha value is -1.55. The summed E-state index contributed by atoms with van der Waals surface area (Å²) in [6, 6.07) is 3.69. The summed E-state index contributed by atoms with van der Waals surface area (Å²) in [6.45, 7) is 1.31. The molecule has 4 heteroatoms. The average molecular weight is 262 g/mol. The van der Waals surface area contributed by atoms with E-state index in [0.29, 0.717) is 24.5 Å². The summed E-state index contributed by atoms with van der Waals surface area (Å²) < 4.78 is 16.2. The van der Waals surface area contributed by atoms with Crippen molar-refractivity contribution in [1.29, 1.82) is 0 Å². The average Bonchev–Trinajstić information content (AvgIpc) is 2.72. The van der Waals surface area contributed by atoms with Crippen LogP contribution in [0.25, 0.3) is 0 Å². The zero-order valence-electron chi connectivity index (χ0n) is 11.3. The van der Waals surface area contributed by atoms with Gasteiger partial charge in [-0.05, 0) is 31.4 Å². The summed E-state index contributed by atoms with van der Waals surface area (Å²) in [5.41, 5.74) is 1.40. The van der Waals surface area contributed by atoms with Gasteiger partial charge in [-0.25, -0.2) is 0 Å². The predicted molar refractivity (Wildman–Crippen MR) is 70.1 cm³/mol. The first kappa shape index (κ1) is 12.5. The van der Waals surface area contributed by atoms with Crippen LogP contribution in [0.3, 0.4) is 0 Å². The Balaban J connectivity index is 2.10. The normalized spacial score (nSPS) is 20.4. The fourth-order valence-corrected chi connectivity index (χ4v) is 3.24. The zero-order valence-corrected chi connectivity index (χ0v) is 11.3. The van der Waals surface area contributed by atoms with Crippen molar-refractivity contribution < 1.29 is 19.0 Å². The summed E-state index contributed by atoms with van der Waals surface area (Å²) >= 11 is 0. The molecule has 102 valence electrons. The van der Waals surface area contributed by atoms with E-state index in [4.69, 9.17) is 14.2 Å². The van der Waals surface area contributed by atoms with Crippen LogP contribution in [0.1, 0.15) is 28.8 Å². The van der Waals surface area contributed by atoms with Crippen LogP contribution < -0.4 is 9.47 Å². The van der Waals surface area contributed by atoms with E-state index in [1.54, 1.807) is 14.2 Å². The fourth-order valence-electron chi connectivity index (χ4n) is 3.24. The maximum Gasteiger partial charge on any atom is 0.173 e. The lowest BCUT2D eigenvalue weighted by Gasteiger charge is -2.31. The minimum atomic E-state index is -0.303. The van der Waals surface area contributed by atoms with Crippen molar-refractivity contribution in [3.63, 3.8) is 0 Å². The van der Waals surface area contributed by atoms with E-state index in [0.717, 1.165) is 30.6 Å². The summed E-state index contributed by atoms with van der Waals surface area (Å²) in [7, 11) is 3.24. The number of Topliss-reactive ketones (excluding diaryl/α,β-unsaturated/α-hetero) is 1. The van der Waals surface area contributed by atoms with Gasteiger partial charge in [-0.1, -0.05) is 0 Å². The SMILES string of the molecule is COc1ccc(OC)c2c1CC1(CCOCC1)C2=O. The lowest BCUT2D eigenvalue weighted by molar-refractivity contribution is 0.0203. The van der Waals surface area contributed by atoms with Crippen molar-refractivity contribution in [2.24, 2.45) is 5.41 Å². The molecule has 0 radical (unpaired) electrons. The Morgan fingerprint density at radius 3 is 2.37 bits per heavy atom.